The van der Waals surface area contributed by atoms with Crippen molar-refractivity contribution < 1.29 is 22.7 Å². The van der Waals surface area contributed by atoms with E-state index in [0.717, 1.165) is 23.4 Å². The molecule has 0 aliphatic carbocycles. The summed E-state index contributed by atoms with van der Waals surface area (Å²) in [6, 6.07) is 6.22. The van der Waals surface area contributed by atoms with Gasteiger partial charge in [-0.15, -0.1) is 0 Å². The highest BCUT2D eigenvalue weighted by atomic mass is 32.2. The highest BCUT2D eigenvalue weighted by Crippen LogP contribution is 2.19. The Morgan fingerprint density at radius 2 is 2.12 bits per heavy atom. The Hall–Kier alpha value is -1.93. The van der Waals surface area contributed by atoms with Gasteiger partial charge < -0.3 is 10.1 Å². The number of ketones is 1. The molecule has 1 heterocycles. The molecular formula is C16H22N2O5S. The van der Waals surface area contributed by atoms with E-state index < -0.39 is 15.9 Å². The second-order valence-electron chi connectivity index (χ2n) is 5.82. The number of Topliss-reactive ketones (excluding diaryl/α,β-unsaturated/α-hetero) is 1. The lowest BCUT2D eigenvalue weighted by atomic mass is 10.1. The first-order valence-electron chi connectivity index (χ1n) is 7.74. The molecule has 1 saturated heterocycles. The summed E-state index contributed by atoms with van der Waals surface area (Å²) >= 11 is 0. The lowest BCUT2D eigenvalue weighted by Gasteiger charge is -2.22. The first-order chi connectivity index (χ1) is 11.3. The van der Waals surface area contributed by atoms with Crippen LogP contribution >= 0.6 is 0 Å². The van der Waals surface area contributed by atoms with E-state index in [0.29, 0.717) is 18.7 Å². The molecule has 7 nitrogen and oxygen atoms in total. The third-order valence-electron chi connectivity index (χ3n) is 3.78. The first-order valence-corrected chi connectivity index (χ1v) is 9.59. The fraction of sp³-hybridized carbons (Fsp3) is 0.500. The Labute approximate surface area is 142 Å². The van der Waals surface area contributed by atoms with Gasteiger partial charge in [-0.3, -0.25) is 13.9 Å². The number of carbonyl (C=O) groups is 2. The molecule has 8 heteroatoms. The summed E-state index contributed by atoms with van der Waals surface area (Å²) in [6.45, 7) is 2.11. The summed E-state index contributed by atoms with van der Waals surface area (Å²) in [5.74, 6) is -0.586. The molecule has 1 aliphatic heterocycles. The molecule has 0 saturated carbocycles. The second kappa shape index (κ2) is 7.76. The summed E-state index contributed by atoms with van der Waals surface area (Å²) in [4.78, 5) is 23.6. The van der Waals surface area contributed by atoms with Gasteiger partial charge in [-0.1, -0.05) is 12.1 Å². The van der Waals surface area contributed by atoms with Crippen LogP contribution in [0, 0.1) is 0 Å². The molecule has 132 valence electrons. The number of ether oxygens (including phenoxy) is 1. The molecule has 1 N–H and O–H groups in total. The average molecular weight is 354 g/mol. The van der Waals surface area contributed by atoms with Crippen LogP contribution in [-0.2, 0) is 19.6 Å². The number of nitrogens with one attached hydrogen (secondary N) is 1. The SMILES string of the molecule is CC(=O)c1cccc(N(CC(=O)NC[C@@H]2CCCO2)S(C)(=O)=O)c1. The van der Waals surface area contributed by atoms with Gasteiger partial charge in [-0.25, -0.2) is 8.42 Å². The topological polar surface area (TPSA) is 92.8 Å². The Morgan fingerprint density at radius 3 is 2.71 bits per heavy atom. The van der Waals surface area contributed by atoms with Crippen LogP contribution in [0.1, 0.15) is 30.1 Å². The highest BCUT2D eigenvalue weighted by molar-refractivity contribution is 7.92. The maximum atomic E-state index is 12.1. The van der Waals surface area contributed by atoms with Gasteiger partial charge in [-0.2, -0.15) is 0 Å². The van der Waals surface area contributed by atoms with Crippen molar-refractivity contribution in [2.24, 2.45) is 0 Å². The molecule has 0 unspecified atom stereocenters. The lowest BCUT2D eigenvalue weighted by Crippen LogP contribution is -2.42. The molecule has 1 atom stereocenters. The predicted molar refractivity (Wildman–Crippen MR) is 90.6 cm³/mol. The highest BCUT2D eigenvalue weighted by Gasteiger charge is 2.22. The van der Waals surface area contributed by atoms with E-state index >= 15 is 0 Å². The van der Waals surface area contributed by atoms with Crippen LogP contribution in [0.5, 0.6) is 0 Å². The maximum absolute atomic E-state index is 12.1. The van der Waals surface area contributed by atoms with Gasteiger partial charge in [0, 0.05) is 18.7 Å². The van der Waals surface area contributed by atoms with Gasteiger partial charge in [0.2, 0.25) is 15.9 Å². The zero-order chi connectivity index (χ0) is 17.7. The number of sulfonamides is 1. The number of rotatable bonds is 7. The molecule has 1 amide bonds. The van der Waals surface area contributed by atoms with Crippen LogP contribution in [-0.4, -0.2) is 52.2 Å². The molecule has 0 radical (unpaired) electrons. The molecule has 0 bridgehead atoms. The van der Waals surface area contributed by atoms with E-state index in [1.54, 1.807) is 18.2 Å². The summed E-state index contributed by atoms with van der Waals surface area (Å²) in [6.07, 6.45) is 2.87. The molecule has 0 spiro atoms. The normalized spacial score (nSPS) is 17.5. The van der Waals surface area contributed by atoms with E-state index in [-0.39, 0.29) is 24.1 Å². The van der Waals surface area contributed by atoms with E-state index in [1.165, 1.54) is 13.0 Å². The van der Waals surface area contributed by atoms with Crippen LogP contribution in [0.2, 0.25) is 0 Å². The van der Waals surface area contributed by atoms with Gasteiger partial charge in [0.05, 0.1) is 18.0 Å². The fourth-order valence-corrected chi connectivity index (χ4v) is 3.35. The van der Waals surface area contributed by atoms with E-state index in [1.807, 2.05) is 0 Å². The number of hydrogen-bond acceptors (Lipinski definition) is 5. The van der Waals surface area contributed by atoms with Gasteiger partial charge in [-0.05, 0) is 31.9 Å². The number of amides is 1. The smallest absolute Gasteiger partial charge is 0.240 e. The minimum Gasteiger partial charge on any atom is -0.376 e. The van der Waals surface area contributed by atoms with Gasteiger partial charge >= 0.3 is 0 Å². The third-order valence-corrected chi connectivity index (χ3v) is 4.92. The molecule has 1 aliphatic rings. The van der Waals surface area contributed by atoms with Gasteiger partial charge in [0.15, 0.2) is 5.78 Å². The van der Waals surface area contributed by atoms with Crippen LogP contribution in [0.4, 0.5) is 5.69 Å². The van der Waals surface area contributed by atoms with E-state index in [4.69, 9.17) is 4.74 Å². The lowest BCUT2D eigenvalue weighted by molar-refractivity contribution is -0.120. The Bertz CT molecular complexity index is 711. The quantitative estimate of drug-likeness (QED) is 0.736. The Balaban J connectivity index is 2.09. The van der Waals surface area contributed by atoms with E-state index in [2.05, 4.69) is 5.32 Å². The van der Waals surface area contributed by atoms with Crippen LogP contribution in [0.15, 0.2) is 24.3 Å². The van der Waals surface area contributed by atoms with Crippen molar-refractivity contribution in [3.63, 3.8) is 0 Å². The first kappa shape index (κ1) is 18.4. The standard InChI is InChI=1S/C16H22N2O5S/c1-12(19)13-5-3-6-14(9-13)18(24(2,21)22)11-16(20)17-10-15-7-4-8-23-15/h3,5-6,9,15H,4,7-8,10-11H2,1-2H3,(H,17,20)/t15-/m0/s1. The zero-order valence-electron chi connectivity index (χ0n) is 13.8. The molecule has 1 fully saturated rings. The van der Waals surface area contributed by atoms with Crippen molar-refractivity contribution in [3.05, 3.63) is 29.8 Å². The molecule has 1 aromatic rings. The van der Waals surface area contributed by atoms with Crippen molar-refractivity contribution in [1.82, 2.24) is 5.32 Å². The van der Waals surface area contributed by atoms with Crippen LogP contribution < -0.4 is 9.62 Å². The number of hydrogen-bond donors (Lipinski definition) is 1. The summed E-state index contributed by atoms with van der Waals surface area (Å²) < 4.78 is 30.5. The third kappa shape index (κ3) is 5.04. The fourth-order valence-electron chi connectivity index (χ4n) is 2.50. The molecular weight excluding hydrogens is 332 g/mol. The molecule has 0 aromatic heterocycles. The van der Waals surface area contributed by atoms with Gasteiger partial charge in [0.1, 0.15) is 6.54 Å². The second-order valence-corrected chi connectivity index (χ2v) is 7.72. The predicted octanol–water partition coefficient (Wildman–Crippen LogP) is 0.950. The van der Waals surface area contributed by atoms with E-state index in [9.17, 15) is 18.0 Å². The van der Waals surface area contributed by atoms with Crippen LogP contribution in [0.3, 0.4) is 0 Å². The largest absolute Gasteiger partial charge is 0.376 e. The molecule has 2 rings (SSSR count). The number of nitrogens with zero attached hydrogens (tertiary/aromatic N) is 1. The van der Waals surface area contributed by atoms with Gasteiger partial charge in [0.25, 0.3) is 0 Å². The minimum atomic E-state index is -3.66. The number of benzene rings is 1. The van der Waals surface area contributed by atoms with Crippen LogP contribution in [0.25, 0.3) is 0 Å². The number of anilines is 1. The minimum absolute atomic E-state index is 0.0123. The Kier molecular flexibility index (Phi) is 5.95. The van der Waals surface area contributed by atoms with Crippen molar-refractivity contribution in [2.45, 2.75) is 25.9 Å². The van der Waals surface area contributed by atoms with Crippen molar-refractivity contribution >= 4 is 27.4 Å². The average Bonchev–Trinajstić information content (AvgIpc) is 3.03. The van der Waals surface area contributed by atoms with Crippen molar-refractivity contribution in [1.29, 1.82) is 0 Å². The summed E-state index contributed by atoms with van der Waals surface area (Å²) in [7, 11) is -3.66. The van der Waals surface area contributed by atoms with Crippen molar-refractivity contribution in [3.8, 4) is 0 Å². The monoisotopic (exact) mass is 354 g/mol. The number of carbonyl (C=O) groups excluding carboxylic acids is 2. The maximum Gasteiger partial charge on any atom is 0.240 e. The Morgan fingerprint density at radius 1 is 1.38 bits per heavy atom. The summed E-state index contributed by atoms with van der Waals surface area (Å²) in [5, 5.41) is 2.70. The zero-order valence-corrected chi connectivity index (χ0v) is 14.6. The summed E-state index contributed by atoms with van der Waals surface area (Å²) in [5.41, 5.74) is 0.679. The van der Waals surface area contributed by atoms with Crippen molar-refractivity contribution in [2.75, 3.05) is 30.3 Å². The molecule has 1 aromatic carbocycles. The molecule has 24 heavy (non-hydrogen) atoms.